The first kappa shape index (κ1) is 16.7. The van der Waals surface area contributed by atoms with Crippen LogP contribution < -0.4 is 10.1 Å². The smallest absolute Gasteiger partial charge is 0.242 e. The lowest BCUT2D eigenvalue weighted by Gasteiger charge is -2.08. The van der Waals surface area contributed by atoms with Crippen LogP contribution in [-0.4, -0.2) is 25.5 Å². The molecule has 128 valence electrons. The first-order chi connectivity index (χ1) is 12.1. The lowest BCUT2D eigenvalue weighted by molar-refractivity contribution is 0.386. The molecule has 0 aliphatic heterocycles. The molecule has 0 amide bonds. The monoisotopic (exact) mass is 357 g/mol. The van der Waals surface area contributed by atoms with Gasteiger partial charge in [-0.25, -0.2) is 18.4 Å². The van der Waals surface area contributed by atoms with E-state index in [0.29, 0.717) is 23.0 Å². The fourth-order valence-corrected chi connectivity index (χ4v) is 2.72. The first-order valence-corrected chi connectivity index (χ1v) is 8.42. The lowest BCUT2D eigenvalue weighted by atomic mass is 10.2. The lowest BCUT2D eigenvalue weighted by Crippen LogP contribution is -2.01. The van der Waals surface area contributed by atoms with Gasteiger partial charge in [-0.1, -0.05) is 36.9 Å². The highest BCUT2D eigenvalue weighted by atomic mass is 32.2. The minimum Gasteiger partial charge on any atom is -0.480 e. The second kappa shape index (κ2) is 7.18. The third kappa shape index (κ3) is 3.69. The van der Waals surface area contributed by atoms with Gasteiger partial charge in [0.05, 0.1) is 30.9 Å². The predicted molar refractivity (Wildman–Crippen MR) is 94.0 cm³/mol. The van der Waals surface area contributed by atoms with Gasteiger partial charge in [0, 0.05) is 5.56 Å². The van der Waals surface area contributed by atoms with Gasteiger partial charge in [0.25, 0.3) is 0 Å². The zero-order valence-electron chi connectivity index (χ0n) is 13.3. The van der Waals surface area contributed by atoms with Gasteiger partial charge < -0.3 is 14.5 Å². The number of nitrogens with one attached hydrogen (secondary N) is 1. The van der Waals surface area contributed by atoms with Gasteiger partial charge in [0.2, 0.25) is 11.8 Å². The van der Waals surface area contributed by atoms with Gasteiger partial charge in [-0.2, -0.15) is 0 Å². The summed E-state index contributed by atoms with van der Waals surface area (Å²) in [4.78, 5) is 8.12. The van der Waals surface area contributed by atoms with Crippen LogP contribution in [0.4, 0.5) is 5.69 Å². The molecule has 0 radical (unpaired) electrons. The van der Waals surface area contributed by atoms with Crippen molar-refractivity contribution in [1.82, 2.24) is 9.97 Å². The van der Waals surface area contributed by atoms with Crippen LogP contribution in [0.25, 0.3) is 17.0 Å². The van der Waals surface area contributed by atoms with Crippen LogP contribution in [0.3, 0.4) is 0 Å². The summed E-state index contributed by atoms with van der Waals surface area (Å²) >= 11 is 0. The van der Waals surface area contributed by atoms with Crippen molar-refractivity contribution in [3.05, 3.63) is 61.3 Å². The van der Waals surface area contributed by atoms with Gasteiger partial charge in [0.1, 0.15) is 4.90 Å². The number of hydrogen-bond acceptors (Lipinski definition) is 7. The number of hydrogen-bond donors (Lipinski definition) is 2. The molecule has 0 aliphatic rings. The summed E-state index contributed by atoms with van der Waals surface area (Å²) in [5, 5.41) is 2.93. The van der Waals surface area contributed by atoms with Crippen molar-refractivity contribution in [1.29, 1.82) is 0 Å². The van der Waals surface area contributed by atoms with E-state index in [0.717, 1.165) is 5.56 Å². The highest BCUT2D eigenvalue weighted by Crippen LogP contribution is 2.25. The zero-order chi connectivity index (χ0) is 17.8. The average molecular weight is 357 g/mol. The van der Waals surface area contributed by atoms with E-state index in [1.807, 2.05) is 30.3 Å². The molecule has 0 saturated carbocycles. The maximum absolute atomic E-state index is 11.3. The Labute approximate surface area is 146 Å². The number of anilines is 1. The fourth-order valence-electron chi connectivity index (χ4n) is 2.17. The van der Waals surface area contributed by atoms with E-state index in [4.69, 9.17) is 9.15 Å². The third-order valence-corrected chi connectivity index (χ3v) is 4.05. The minimum atomic E-state index is -2.84. The van der Waals surface area contributed by atoms with Gasteiger partial charge in [-0.3, -0.25) is 0 Å². The van der Waals surface area contributed by atoms with Crippen LogP contribution in [0, 0.1) is 0 Å². The van der Waals surface area contributed by atoms with E-state index in [1.54, 1.807) is 6.20 Å². The summed E-state index contributed by atoms with van der Waals surface area (Å²) in [5.41, 5.74) is 1.70. The Morgan fingerprint density at radius 3 is 2.64 bits per heavy atom. The van der Waals surface area contributed by atoms with E-state index in [2.05, 4.69) is 21.9 Å². The molecule has 0 saturated heterocycles. The molecule has 1 aromatic carbocycles. The molecule has 7 nitrogen and oxygen atoms in total. The summed E-state index contributed by atoms with van der Waals surface area (Å²) < 4.78 is 33.2. The van der Waals surface area contributed by atoms with Crippen molar-refractivity contribution in [2.24, 2.45) is 0 Å². The summed E-state index contributed by atoms with van der Waals surface area (Å²) in [7, 11) is -1.48. The normalized spacial score (nSPS) is 10.6. The van der Waals surface area contributed by atoms with Crippen LogP contribution in [0.1, 0.15) is 5.89 Å². The molecule has 3 rings (SSSR count). The zero-order valence-corrected chi connectivity index (χ0v) is 14.2. The molecule has 0 atom stereocenters. The largest absolute Gasteiger partial charge is 0.480 e. The Morgan fingerprint density at radius 1 is 1.20 bits per heavy atom. The Hall–Kier alpha value is -3.13. The molecule has 0 unspecified atom stereocenters. The summed E-state index contributed by atoms with van der Waals surface area (Å²) in [5.74, 6) is 0.937. The summed E-state index contributed by atoms with van der Waals surface area (Å²) in [6, 6.07) is 10.9. The Kier molecular flexibility index (Phi) is 4.80. The average Bonchev–Trinajstić information content (AvgIpc) is 3.12. The minimum absolute atomic E-state index is 0.0207. The van der Waals surface area contributed by atoms with Crippen LogP contribution in [-0.2, 0) is 10.7 Å². The number of oxazole rings is 1. The Bertz CT molecular complexity index is 973. The van der Waals surface area contributed by atoms with Gasteiger partial charge >= 0.3 is 0 Å². The van der Waals surface area contributed by atoms with E-state index in [-0.39, 0.29) is 10.8 Å². The maximum atomic E-state index is 11.3. The molecule has 0 aliphatic carbocycles. The molecule has 0 bridgehead atoms. The second-order valence-electron chi connectivity index (χ2n) is 5.01. The Balaban J connectivity index is 1.81. The topological polar surface area (TPSA) is 94.3 Å². The van der Waals surface area contributed by atoms with Crippen LogP contribution >= 0.6 is 0 Å². The van der Waals surface area contributed by atoms with Crippen molar-refractivity contribution in [2.75, 3.05) is 12.4 Å². The SMILES string of the molecule is C=C(Nc1cnc(OC)c([SH](=O)=O)c1)c1ncc(-c2ccccc2)o1. The standard InChI is InChI=1S/C17H15N3O4S/c1-11(16-19-10-14(24-16)12-6-4-3-5-7-12)20-13-8-15(25(21)22)17(23-2)18-9-13/h3-10,20,25H,1H2,2H3. The van der Waals surface area contributed by atoms with Crippen molar-refractivity contribution in [3.8, 4) is 17.2 Å². The number of thiol groups is 1. The van der Waals surface area contributed by atoms with Crippen LogP contribution in [0.5, 0.6) is 5.88 Å². The molecule has 3 aromatic rings. The molecular weight excluding hydrogens is 342 g/mol. The number of benzene rings is 1. The van der Waals surface area contributed by atoms with E-state index >= 15 is 0 Å². The van der Waals surface area contributed by atoms with E-state index < -0.39 is 10.7 Å². The highest BCUT2D eigenvalue weighted by Gasteiger charge is 2.12. The molecular formula is C17H15N3O4S. The highest BCUT2D eigenvalue weighted by molar-refractivity contribution is 7.72. The number of nitrogens with zero attached hydrogens (tertiary/aromatic N) is 2. The summed E-state index contributed by atoms with van der Waals surface area (Å²) in [6.45, 7) is 3.87. The van der Waals surface area contributed by atoms with Crippen LogP contribution in [0.15, 0.2) is 64.7 Å². The predicted octanol–water partition coefficient (Wildman–Crippen LogP) is 2.80. The molecule has 25 heavy (non-hydrogen) atoms. The molecule has 1 N–H and O–H groups in total. The van der Waals surface area contributed by atoms with Crippen molar-refractivity contribution in [2.45, 2.75) is 4.90 Å². The van der Waals surface area contributed by atoms with Gasteiger partial charge in [-0.05, 0) is 6.07 Å². The van der Waals surface area contributed by atoms with Crippen molar-refractivity contribution < 1.29 is 17.6 Å². The molecule has 2 aromatic heterocycles. The Morgan fingerprint density at radius 2 is 1.96 bits per heavy atom. The van der Waals surface area contributed by atoms with Crippen molar-refractivity contribution in [3.63, 3.8) is 0 Å². The number of ether oxygens (including phenoxy) is 1. The number of rotatable bonds is 6. The number of aromatic nitrogens is 2. The number of pyridine rings is 1. The first-order valence-electron chi connectivity index (χ1n) is 7.24. The maximum Gasteiger partial charge on any atom is 0.242 e. The van der Waals surface area contributed by atoms with E-state index in [1.165, 1.54) is 19.4 Å². The van der Waals surface area contributed by atoms with Gasteiger partial charge in [-0.15, -0.1) is 0 Å². The molecule has 2 heterocycles. The molecule has 8 heteroatoms. The van der Waals surface area contributed by atoms with Gasteiger partial charge in [0.15, 0.2) is 16.5 Å². The second-order valence-corrected chi connectivity index (χ2v) is 6.00. The van der Waals surface area contributed by atoms with E-state index in [9.17, 15) is 8.42 Å². The van der Waals surface area contributed by atoms with Crippen molar-refractivity contribution >= 4 is 22.1 Å². The fraction of sp³-hybridized carbons (Fsp3) is 0.0588. The molecule has 0 fully saturated rings. The number of methoxy groups -OCH3 is 1. The third-order valence-electron chi connectivity index (χ3n) is 3.34. The quantitative estimate of drug-likeness (QED) is 0.655. The summed E-state index contributed by atoms with van der Waals surface area (Å²) in [6.07, 6.45) is 3.04. The molecule has 0 spiro atoms. The van der Waals surface area contributed by atoms with Crippen LogP contribution in [0.2, 0.25) is 0 Å².